The lowest BCUT2D eigenvalue weighted by Gasteiger charge is -2.33. The molecule has 1 unspecified atom stereocenters. The van der Waals surface area contributed by atoms with Gasteiger partial charge in [0.05, 0.1) is 11.5 Å². The van der Waals surface area contributed by atoms with Gasteiger partial charge < -0.3 is 10.2 Å². The summed E-state index contributed by atoms with van der Waals surface area (Å²) in [6.07, 6.45) is 2.47. The average Bonchev–Trinajstić information content (AvgIpc) is 3.33. The lowest BCUT2D eigenvalue weighted by Crippen LogP contribution is -2.47. The van der Waals surface area contributed by atoms with E-state index in [2.05, 4.69) is 22.3 Å². The second kappa shape index (κ2) is 9.27. The Morgan fingerprint density at radius 2 is 1.30 bits per heavy atom. The molecule has 1 N–H and O–H groups in total. The first-order valence-electron chi connectivity index (χ1n) is 10.9. The standard InChI is InChI=1S/C27H30N2O/c1-27(23-15-7-3-8-16-23,24-17-9-4-10-18-24)26(30)28-25(21-29-19-11-12-20-29)22-13-5-2-6-14-22/h2-10,13-18,25H,11-12,19-21H2,1H3,(H,28,30). The van der Waals surface area contributed by atoms with Gasteiger partial charge in [0, 0.05) is 6.54 Å². The first-order valence-corrected chi connectivity index (χ1v) is 10.9. The Morgan fingerprint density at radius 3 is 1.80 bits per heavy atom. The van der Waals surface area contributed by atoms with Crippen LogP contribution in [0.5, 0.6) is 0 Å². The van der Waals surface area contributed by atoms with Crippen molar-refractivity contribution in [3.05, 3.63) is 108 Å². The van der Waals surface area contributed by atoms with Crippen LogP contribution in [-0.2, 0) is 10.2 Å². The minimum atomic E-state index is -0.763. The van der Waals surface area contributed by atoms with Crippen LogP contribution >= 0.6 is 0 Å². The molecule has 0 aromatic heterocycles. The Balaban J connectivity index is 1.67. The van der Waals surface area contributed by atoms with E-state index in [1.165, 1.54) is 12.8 Å². The van der Waals surface area contributed by atoms with Crippen molar-refractivity contribution in [3.63, 3.8) is 0 Å². The highest BCUT2D eigenvalue weighted by atomic mass is 16.2. The van der Waals surface area contributed by atoms with E-state index in [0.717, 1.165) is 36.3 Å². The van der Waals surface area contributed by atoms with E-state index in [1.54, 1.807) is 0 Å². The number of carbonyl (C=O) groups is 1. The minimum absolute atomic E-state index is 0.0351. The lowest BCUT2D eigenvalue weighted by atomic mass is 9.75. The van der Waals surface area contributed by atoms with Gasteiger partial charge in [-0.2, -0.15) is 0 Å². The zero-order valence-corrected chi connectivity index (χ0v) is 17.6. The van der Waals surface area contributed by atoms with Gasteiger partial charge in [0.1, 0.15) is 0 Å². The van der Waals surface area contributed by atoms with Crippen molar-refractivity contribution < 1.29 is 4.79 Å². The monoisotopic (exact) mass is 398 g/mol. The number of benzene rings is 3. The molecule has 1 heterocycles. The molecule has 1 saturated heterocycles. The van der Waals surface area contributed by atoms with E-state index in [-0.39, 0.29) is 11.9 Å². The summed E-state index contributed by atoms with van der Waals surface area (Å²) in [7, 11) is 0. The third-order valence-corrected chi connectivity index (χ3v) is 6.30. The molecule has 1 aliphatic rings. The smallest absolute Gasteiger partial charge is 0.235 e. The lowest BCUT2D eigenvalue weighted by molar-refractivity contribution is -0.125. The molecule has 3 heteroatoms. The van der Waals surface area contributed by atoms with Crippen LogP contribution in [0.3, 0.4) is 0 Å². The molecule has 30 heavy (non-hydrogen) atoms. The molecule has 3 aromatic carbocycles. The van der Waals surface area contributed by atoms with E-state index < -0.39 is 5.41 Å². The van der Waals surface area contributed by atoms with Crippen LogP contribution in [-0.4, -0.2) is 30.4 Å². The highest BCUT2D eigenvalue weighted by Gasteiger charge is 2.38. The molecule has 0 aliphatic carbocycles. The third kappa shape index (κ3) is 4.31. The van der Waals surface area contributed by atoms with Crippen molar-refractivity contribution in [2.24, 2.45) is 0 Å². The Labute approximate surface area is 179 Å². The number of nitrogens with one attached hydrogen (secondary N) is 1. The van der Waals surface area contributed by atoms with Crippen LogP contribution in [0.1, 0.15) is 42.5 Å². The SMILES string of the molecule is CC(C(=O)NC(CN1CCCC1)c1ccccc1)(c1ccccc1)c1ccccc1. The van der Waals surface area contributed by atoms with E-state index in [9.17, 15) is 4.79 Å². The summed E-state index contributed by atoms with van der Waals surface area (Å²) in [6.45, 7) is 5.09. The van der Waals surface area contributed by atoms with Gasteiger partial charge in [0.15, 0.2) is 0 Å². The molecular formula is C27H30N2O. The van der Waals surface area contributed by atoms with E-state index in [4.69, 9.17) is 0 Å². The van der Waals surface area contributed by atoms with Crippen LogP contribution in [0.15, 0.2) is 91.0 Å². The topological polar surface area (TPSA) is 32.3 Å². The fraction of sp³-hybridized carbons (Fsp3) is 0.296. The van der Waals surface area contributed by atoms with Gasteiger partial charge in [0.25, 0.3) is 0 Å². The zero-order valence-electron chi connectivity index (χ0n) is 17.6. The normalized spacial score (nSPS) is 15.6. The van der Waals surface area contributed by atoms with Crippen molar-refractivity contribution in [2.75, 3.05) is 19.6 Å². The van der Waals surface area contributed by atoms with E-state index in [0.29, 0.717) is 0 Å². The molecule has 0 bridgehead atoms. The maximum absolute atomic E-state index is 13.9. The maximum Gasteiger partial charge on any atom is 0.235 e. The van der Waals surface area contributed by atoms with Crippen molar-refractivity contribution >= 4 is 5.91 Å². The second-order valence-corrected chi connectivity index (χ2v) is 8.30. The highest BCUT2D eigenvalue weighted by molar-refractivity contribution is 5.92. The van der Waals surface area contributed by atoms with Crippen molar-refractivity contribution in [3.8, 4) is 0 Å². The molecular weight excluding hydrogens is 368 g/mol. The fourth-order valence-corrected chi connectivity index (χ4v) is 4.42. The number of hydrogen-bond donors (Lipinski definition) is 1. The van der Waals surface area contributed by atoms with E-state index >= 15 is 0 Å². The number of carbonyl (C=O) groups excluding carboxylic acids is 1. The summed E-state index contributed by atoms with van der Waals surface area (Å²) in [5.41, 5.74) is 2.39. The van der Waals surface area contributed by atoms with Crippen molar-refractivity contribution in [2.45, 2.75) is 31.2 Å². The zero-order chi connectivity index (χ0) is 20.8. The summed E-state index contributed by atoms with van der Waals surface area (Å²) in [6, 6.07) is 30.5. The van der Waals surface area contributed by atoms with Crippen LogP contribution in [0, 0.1) is 0 Å². The molecule has 3 aromatic rings. The van der Waals surface area contributed by atoms with Crippen LogP contribution in [0.25, 0.3) is 0 Å². The molecule has 1 atom stereocenters. The number of hydrogen-bond acceptors (Lipinski definition) is 2. The Bertz CT molecular complexity index is 895. The molecule has 154 valence electrons. The second-order valence-electron chi connectivity index (χ2n) is 8.30. The molecule has 0 spiro atoms. The maximum atomic E-state index is 13.9. The van der Waals surface area contributed by atoms with Crippen LogP contribution in [0.4, 0.5) is 0 Å². The number of likely N-dealkylation sites (tertiary alicyclic amines) is 1. The van der Waals surface area contributed by atoms with Gasteiger partial charge in [-0.1, -0.05) is 91.0 Å². The predicted octanol–water partition coefficient (Wildman–Crippen LogP) is 4.95. The van der Waals surface area contributed by atoms with Crippen LogP contribution < -0.4 is 5.32 Å². The van der Waals surface area contributed by atoms with Gasteiger partial charge >= 0.3 is 0 Å². The molecule has 1 amide bonds. The molecule has 4 rings (SSSR count). The number of nitrogens with zero attached hydrogens (tertiary/aromatic N) is 1. The molecule has 1 fully saturated rings. The Morgan fingerprint density at radius 1 is 0.833 bits per heavy atom. The first-order chi connectivity index (χ1) is 14.7. The predicted molar refractivity (Wildman–Crippen MR) is 122 cm³/mol. The molecule has 0 saturated carbocycles. The van der Waals surface area contributed by atoms with Gasteiger partial charge in [-0.3, -0.25) is 4.79 Å². The summed E-state index contributed by atoms with van der Waals surface area (Å²) >= 11 is 0. The number of rotatable bonds is 7. The molecule has 1 aliphatic heterocycles. The van der Waals surface area contributed by atoms with Crippen LogP contribution in [0.2, 0.25) is 0 Å². The van der Waals surface area contributed by atoms with Gasteiger partial charge in [-0.15, -0.1) is 0 Å². The van der Waals surface area contributed by atoms with Gasteiger partial charge in [-0.25, -0.2) is 0 Å². The van der Waals surface area contributed by atoms with Gasteiger partial charge in [0.2, 0.25) is 5.91 Å². The largest absolute Gasteiger partial charge is 0.347 e. The average molecular weight is 399 g/mol. The minimum Gasteiger partial charge on any atom is -0.347 e. The molecule has 3 nitrogen and oxygen atoms in total. The number of amides is 1. The van der Waals surface area contributed by atoms with Crippen molar-refractivity contribution in [1.29, 1.82) is 0 Å². The summed E-state index contributed by atoms with van der Waals surface area (Å²) in [4.78, 5) is 16.4. The summed E-state index contributed by atoms with van der Waals surface area (Å²) in [5.74, 6) is 0.0351. The third-order valence-electron chi connectivity index (χ3n) is 6.30. The van der Waals surface area contributed by atoms with E-state index in [1.807, 2.05) is 85.8 Å². The van der Waals surface area contributed by atoms with Crippen molar-refractivity contribution in [1.82, 2.24) is 10.2 Å². The quantitative estimate of drug-likeness (QED) is 0.611. The highest BCUT2D eigenvalue weighted by Crippen LogP contribution is 2.33. The van der Waals surface area contributed by atoms with Gasteiger partial charge in [-0.05, 0) is 49.5 Å². The Kier molecular flexibility index (Phi) is 6.29. The first kappa shape index (κ1) is 20.4. The Hall–Kier alpha value is -2.91. The fourth-order valence-electron chi connectivity index (χ4n) is 4.42. The summed E-state index contributed by atoms with van der Waals surface area (Å²) < 4.78 is 0. The summed E-state index contributed by atoms with van der Waals surface area (Å²) in [5, 5.41) is 3.42. The molecule has 0 radical (unpaired) electrons.